The molecule has 1 heteroatoms. The molecule has 0 amide bonds. The molecule has 3 aromatic rings. The van der Waals surface area contributed by atoms with Crippen molar-refractivity contribution in [3.63, 3.8) is 0 Å². The van der Waals surface area contributed by atoms with E-state index in [9.17, 15) is 0 Å². The molecule has 0 heterocycles. The van der Waals surface area contributed by atoms with Gasteiger partial charge in [-0.2, -0.15) is 0 Å². The van der Waals surface area contributed by atoms with E-state index in [0.29, 0.717) is 6.04 Å². The van der Waals surface area contributed by atoms with Crippen LogP contribution in [0.5, 0.6) is 0 Å². The molecule has 1 unspecified atom stereocenters. The predicted octanol–water partition coefficient (Wildman–Crippen LogP) is 4.46. The zero-order valence-corrected chi connectivity index (χ0v) is 13.9. The molecule has 0 radical (unpaired) electrons. The minimum Gasteiger partial charge on any atom is -0.306 e. The third-order valence-electron chi connectivity index (χ3n) is 5.18. The van der Waals surface area contributed by atoms with E-state index < -0.39 is 0 Å². The summed E-state index contributed by atoms with van der Waals surface area (Å²) >= 11 is 0. The Morgan fingerprint density at radius 2 is 1.57 bits per heavy atom. The molecule has 0 saturated heterocycles. The molecular weight excluding hydrogens is 278 g/mol. The first-order valence-electron chi connectivity index (χ1n) is 8.45. The van der Waals surface area contributed by atoms with Crippen LogP contribution in [0.15, 0.2) is 60.7 Å². The summed E-state index contributed by atoms with van der Waals surface area (Å²) < 4.78 is 0. The molecule has 0 spiro atoms. The summed E-state index contributed by atoms with van der Waals surface area (Å²) in [4.78, 5) is 2.36. The van der Waals surface area contributed by atoms with E-state index in [1.807, 2.05) is 0 Å². The highest BCUT2D eigenvalue weighted by Crippen LogP contribution is 2.33. The number of hydrogen-bond donors (Lipinski definition) is 0. The molecule has 0 saturated carbocycles. The monoisotopic (exact) mass is 301 g/mol. The van der Waals surface area contributed by atoms with Crippen LogP contribution in [0.2, 0.25) is 0 Å². The molecule has 1 atom stereocenters. The van der Waals surface area contributed by atoms with Gasteiger partial charge in [-0.1, -0.05) is 60.7 Å². The van der Waals surface area contributed by atoms with Crippen LogP contribution in [0, 0.1) is 0 Å². The summed E-state index contributed by atoms with van der Waals surface area (Å²) in [6.07, 6.45) is 3.33. The first-order valence-corrected chi connectivity index (χ1v) is 8.45. The zero-order valence-electron chi connectivity index (χ0n) is 13.9. The molecule has 0 bridgehead atoms. The second-order valence-electron chi connectivity index (χ2n) is 6.91. The summed E-state index contributed by atoms with van der Waals surface area (Å²) in [5.41, 5.74) is 5.85. The quantitative estimate of drug-likeness (QED) is 0.690. The fourth-order valence-corrected chi connectivity index (χ4v) is 3.88. The van der Waals surface area contributed by atoms with E-state index in [1.54, 1.807) is 0 Å². The number of benzene rings is 3. The Morgan fingerprint density at radius 3 is 2.30 bits per heavy atom. The second kappa shape index (κ2) is 5.82. The van der Waals surface area contributed by atoms with Crippen LogP contribution in [0.25, 0.3) is 10.8 Å². The van der Waals surface area contributed by atoms with E-state index in [4.69, 9.17) is 0 Å². The number of hydrogen-bond acceptors (Lipinski definition) is 1. The van der Waals surface area contributed by atoms with Gasteiger partial charge in [-0.25, -0.2) is 0 Å². The van der Waals surface area contributed by atoms with Crippen molar-refractivity contribution in [2.45, 2.75) is 25.3 Å². The summed E-state index contributed by atoms with van der Waals surface area (Å²) in [7, 11) is 4.39. The van der Waals surface area contributed by atoms with Crippen molar-refractivity contribution < 1.29 is 0 Å². The van der Waals surface area contributed by atoms with Crippen molar-refractivity contribution >= 4 is 10.8 Å². The molecule has 0 fully saturated rings. The van der Waals surface area contributed by atoms with Gasteiger partial charge in [-0.05, 0) is 66.4 Å². The highest BCUT2D eigenvalue weighted by atomic mass is 15.1. The molecule has 23 heavy (non-hydrogen) atoms. The smallest absolute Gasteiger partial charge is 0.0170 e. The molecule has 0 N–H and O–H groups in total. The first-order chi connectivity index (χ1) is 11.2. The van der Waals surface area contributed by atoms with Gasteiger partial charge in [0.1, 0.15) is 0 Å². The van der Waals surface area contributed by atoms with Crippen molar-refractivity contribution in [3.05, 3.63) is 82.9 Å². The Morgan fingerprint density at radius 1 is 0.826 bits per heavy atom. The Bertz CT molecular complexity index is 821. The number of rotatable bonds is 3. The largest absolute Gasteiger partial charge is 0.306 e. The maximum atomic E-state index is 2.36. The van der Waals surface area contributed by atoms with Gasteiger partial charge in [0.2, 0.25) is 0 Å². The average Bonchev–Trinajstić information content (AvgIpc) is 2.58. The molecule has 3 aromatic carbocycles. The minimum atomic E-state index is 0.619. The zero-order chi connectivity index (χ0) is 15.8. The maximum absolute atomic E-state index is 2.36. The average molecular weight is 301 g/mol. The van der Waals surface area contributed by atoms with Crippen LogP contribution in [-0.2, 0) is 19.3 Å². The Kier molecular flexibility index (Phi) is 3.66. The van der Waals surface area contributed by atoms with Crippen LogP contribution >= 0.6 is 0 Å². The molecule has 1 aliphatic carbocycles. The van der Waals surface area contributed by atoms with Gasteiger partial charge in [0, 0.05) is 6.04 Å². The lowest BCUT2D eigenvalue weighted by molar-refractivity contribution is 0.287. The van der Waals surface area contributed by atoms with Crippen molar-refractivity contribution in [2.75, 3.05) is 14.1 Å². The molecule has 4 rings (SSSR count). The lowest BCUT2D eigenvalue weighted by Gasteiger charge is -2.30. The molecule has 1 nitrogen and oxygen atoms in total. The van der Waals surface area contributed by atoms with Crippen molar-refractivity contribution in [3.8, 4) is 0 Å². The fourth-order valence-electron chi connectivity index (χ4n) is 3.88. The highest BCUT2D eigenvalue weighted by Gasteiger charge is 2.22. The van der Waals surface area contributed by atoms with E-state index in [2.05, 4.69) is 79.7 Å². The normalized spacial score (nSPS) is 16.9. The lowest BCUT2D eigenvalue weighted by Crippen LogP contribution is -2.34. The van der Waals surface area contributed by atoms with Crippen LogP contribution in [-0.4, -0.2) is 25.0 Å². The van der Waals surface area contributed by atoms with E-state index in [-0.39, 0.29) is 0 Å². The van der Waals surface area contributed by atoms with Crippen LogP contribution in [0.1, 0.15) is 22.3 Å². The standard InChI is InChI=1S/C22H23N/c1-23(2)20-14-18-9-6-10-21-17(11-12-19(15-20)22(18)21)13-16-7-4-3-5-8-16/h3-12,20H,13-15H2,1-2H3. The number of likely N-dealkylation sites (N-methyl/N-ethyl adjacent to an activating group) is 1. The SMILES string of the molecule is CN(C)C1Cc2cccc3c(Cc4ccccc4)ccc(c23)C1. The predicted molar refractivity (Wildman–Crippen MR) is 98.1 cm³/mol. The van der Waals surface area contributed by atoms with Gasteiger partial charge in [0.25, 0.3) is 0 Å². The maximum Gasteiger partial charge on any atom is 0.0170 e. The summed E-state index contributed by atoms with van der Waals surface area (Å²) in [5.74, 6) is 0. The van der Waals surface area contributed by atoms with Gasteiger partial charge in [0.15, 0.2) is 0 Å². The first kappa shape index (κ1) is 14.5. The number of nitrogens with zero attached hydrogens (tertiary/aromatic N) is 1. The van der Waals surface area contributed by atoms with E-state index in [1.165, 1.54) is 33.0 Å². The van der Waals surface area contributed by atoms with Crippen LogP contribution < -0.4 is 0 Å². The van der Waals surface area contributed by atoms with Crippen molar-refractivity contribution in [2.24, 2.45) is 0 Å². The molecular formula is C22H23N. The van der Waals surface area contributed by atoms with E-state index in [0.717, 1.165) is 19.3 Å². The van der Waals surface area contributed by atoms with Crippen LogP contribution in [0.3, 0.4) is 0 Å². The Labute approximate surface area is 138 Å². The van der Waals surface area contributed by atoms with Gasteiger partial charge in [0.05, 0.1) is 0 Å². The summed E-state index contributed by atoms with van der Waals surface area (Å²) in [5, 5.41) is 2.96. The molecule has 0 aliphatic heterocycles. The van der Waals surface area contributed by atoms with Gasteiger partial charge in [-0.15, -0.1) is 0 Å². The summed E-state index contributed by atoms with van der Waals surface area (Å²) in [6, 6.07) is 22.9. The van der Waals surface area contributed by atoms with Gasteiger partial charge < -0.3 is 4.90 Å². The third kappa shape index (κ3) is 2.66. The van der Waals surface area contributed by atoms with E-state index >= 15 is 0 Å². The molecule has 0 aromatic heterocycles. The van der Waals surface area contributed by atoms with Crippen molar-refractivity contribution in [1.82, 2.24) is 4.90 Å². The molecule has 116 valence electrons. The minimum absolute atomic E-state index is 0.619. The topological polar surface area (TPSA) is 3.24 Å². The summed E-state index contributed by atoms with van der Waals surface area (Å²) in [6.45, 7) is 0. The molecule has 1 aliphatic rings. The Hall–Kier alpha value is -2.12. The Balaban J connectivity index is 1.80. The lowest BCUT2D eigenvalue weighted by atomic mass is 9.83. The fraction of sp³-hybridized carbons (Fsp3) is 0.273. The second-order valence-corrected chi connectivity index (χ2v) is 6.91. The third-order valence-corrected chi connectivity index (χ3v) is 5.18. The highest BCUT2D eigenvalue weighted by molar-refractivity contribution is 5.92. The van der Waals surface area contributed by atoms with Crippen molar-refractivity contribution in [1.29, 1.82) is 0 Å². The van der Waals surface area contributed by atoms with Gasteiger partial charge >= 0.3 is 0 Å². The van der Waals surface area contributed by atoms with Gasteiger partial charge in [-0.3, -0.25) is 0 Å². The van der Waals surface area contributed by atoms with Crippen LogP contribution in [0.4, 0.5) is 0 Å².